The molecule has 0 fully saturated rings. The van der Waals surface area contributed by atoms with Gasteiger partial charge in [0.2, 0.25) is 44.3 Å². The largest absolute Gasteiger partial charge is 0.381 e. The summed E-state index contributed by atoms with van der Waals surface area (Å²) < 4.78 is 28.4. The molecule has 8 aromatic heterocycles. The van der Waals surface area contributed by atoms with Gasteiger partial charge < -0.3 is 9.47 Å². The molecule has 100 heavy (non-hydrogen) atoms. The van der Waals surface area contributed by atoms with Crippen LogP contribution >= 0.6 is 0 Å². The molecule has 0 bridgehead atoms. The van der Waals surface area contributed by atoms with Gasteiger partial charge in [0.05, 0.1) is 40.3 Å². The molecule has 0 saturated carbocycles. The quantitative estimate of drug-likeness (QED) is 0.0132. The zero-order chi connectivity index (χ0) is 72.3. The van der Waals surface area contributed by atoms with E-state index in [1.807, 2.05) is 135 Å². The molecule has 0 spiro atoms. The first kappa shape index (κ1) is 85.5. The van der Waals surface area contributed by atoms with Gasteiger partial charge in [0.15, 0.2) is 11.0 Å². The predicted molar refractivity (Wildman–Crippen MR) is 406 cm³/mol. The standard InChI is InChI=1S/C17H32N2O.C17H28N2O.C12H23N2.C11H12N2.C8H12N2.C7H6N2.C7H11N2.C3H4N2/c2*1-16(2)7-6-8-17(3)9-14-20-13-5-4-11-19-12-10-18-15-19;1-3-4-5-6-7-8-9-14-11-10-13(2)12-14;1-10-12-7-8-13(10)9-11-5-3-2-4-6-11;1-8(2)3-5-10-6-4-9-7-10;1-2-4-7-6(3-1)8-5-9-7;1-3-4-9-6-5-8(2)7-9;1-2-5-3-4-1/h10,12,15-17H,4-9,11,13-14H2,1-3H3;7,9-10,12,15H,4-6,8,11,13-14H2,1-3H3;10-12H,3-9H2,1-2H3;2-8H,9H2,1H3;3-4,6-7H,5H2,1-2H3;1-5H,(H,8,9);3,5-7H,1,4H2,2H3;1-3H,(H,4,5)/q;;+1;;;;+1;/p+6/b;17-9+;;;;;;. The molecule has 0 radical (unpaired) electrons. The predicted octanol–water partition coefficient (Wildman–Crippen LogP) is 14.7. The first-order valence-electron chi connectivity index (χ1n) is 36.9. The van der Waals surface area contributed by atoms with Gasteiger partial charge in [-0.15, -0.1) is 0 Å². The van der Waals surface area contributed by atoms with Crippen molar-refractivity contribution < 1.29 is 46.8 Å². The van der Waals surface area contributed by atoms with E-state index in [4.69, 9.17) is 9.47 Å². The average molecular weight is 1380 g/mol. The number of allylic oxidation sites excluding steroid dienone is 6. The Balaban J connectivity index is 0.000000305. The topological polar surface area (TPSA) is 175 Å². The molecular weight excluding hydrogens is 1240 g/mol. The molecule has 1 unspecified atom stereocenters. The summed E-state index contributed by atoms with van der Waals surface area (Å²) in [6.07, 6.45) is 70.5. The number of hydrogen-bond acceptors (Lipinski definition) is 2. The Morgan fingerprint density at radius 1 is 0.590 bits per heavy atom. The lowest BCUT2D eigenvalue weighted by molar-refractivity contribution is -0.696. The molecule has 1 atom stereocenters. The van der Waals surface area contributed by atoms with Gasteiger partial charge in [-0.2, -0.15) is 0 Å². The lowest BCUT2D eigenvalue weighted by atomic mass is 9.98. The van der Waals surface area contributed by atoms with Crippen molar-refractivity contribution in [2.24, 2.45) is 25.9 Å². The number of aryl methyl sites for hydroxylation is 6. The van der Waals surface area contributed by atoms with E-state index in [1.54, 1.807) is 6.33 Å². The maximum Gasteiger partial charge on any atom is 0.251 e. The minimum atomic E-state index is 0.748. The zero-order valence-corrected chi connectivity index (χ0v) is 63.8. The van der Waals surface area contributed by atoms with Gasteiger partial charge in [0.25, 0.3) is 5.82 Å². The van der Waals surface area contributed by atoms with Crippen LogP contribution in [0.4, 0.5) is 0 Å². The number of unbranched alkanes of at least 4 members (excludes halogenated alkanes) is 7. The van der Waals surface area contributed by atoms with Crippen LogP contribution in [0.15, 0.2) is 233 Å². The fraction of sp³-hybridized carbons (Fsp3) is 0.488. The fourth-order valence-corrected chi connectivity index (χ4v) is 10.0. The van der Waals surface area contributed by atoms with E-state index in [0.29, 0.717) is 0 Å². The van der Waals surface area contributed by atoms with E-state index in [-0.39, 0.29) is 0 Å². The SMILES string of the molecule is C=CCn1cc[n+](C)c1.CC(C)=CCC/C(C)=C/COCCCC[n+]1cc[nH]c1.CC(C)=CC[n+]1cc[nH]c1.CC(C)CCCC(C)CCOCCCC[n+]1cc[nH]c1.CCCCCCCCn1cc[n+](C)c1.Cc1[nH]cc[n+]1Cc1ccccc1.c1c[nH+]c[nH]1.c1ccc2[nH+]c[nH]c2c1. The summed E-state index contributed by atoms with van der Waals surface area (Å²) in [6.45, 7) is 35.2. The van der Waals surface area contributed by atoms with E-state index in [1.165, 1.54) is 105 Å². The highest BCUT2D eigenvalue weighted by atomic mass is 16.5. The van der Waals surface area contributed by atoms with E-state index in [0.717, 1.165) is 114 Å². The second-order valence-corrected chi connectivity index (χ2v) is 26.6. The van der Waals surface area contributed by atoms with Gasteiger partial charge in [-0.3, -0.25) is 24.9 Å². The van der Waals surface area contributed by atoms with Gasteiger partial charge >= 0.3 is 0 Å². The Labute approximate surface area is 602 Å². The summed E-state index contributed by atoms with van der Waals surface area (Å²) in [5.41, 5.74) is 7.80. The molecule has 10 rings (SSSR count). The maximum atomic E-state index is 5.73. The zero-order valence-electron chi connectivity index (χ0n) is 63.8. The number of para-hydroxylation sites is 2. The van der Waals surface area contributed by atoms with Crippen LogP contribution in [0.5, 0.6) is 0 Å². The first-order chi connectivity index (χ1) is 48.6. The van der Waals surface area contributed by atoms with Gasteiger partial charge in [0, 0.05) is 26.7 Å². The highest BCUT2D eigenvalue weighted by Crippen LogP contribution is 2.15. The van der Waals surface area contributed by atoms with Gasteiger partial charge in [0.1, 0.15) is 106 Å². The molecule has 10 aromatic rings. The van der Waals surface area contributed by atoms with Crippen LogP contribution in [0.2, 0.25) is 0 Å². The molecule has 8 heterocycles. The Hall–Kier alpha value is -8.74. The second-order valence-electron chi connectivity index (χ2n) is 26.6. The minimum Gasteiger partial charge on any atom is -0.381 e. The molecule has 0 aliphatic rings. The Morgan fingerprint density at radius 3 is 1.77 bits per heavy atom. The van der Waals surface area contributed by atoms with Crippen LogP contribution in [-0.2, 0) is 62.8 Å². The van der Waals surface area contributed by atoms with Crippen LogP contribution in [0.1, 0.15) is 176 Å². The van der Waals surface area contributed by atoms with Crippen molar-refractivity contribution in [2.75, 3.05) is 26.4 Å². The number of aromatic nitrogens is 16. The van der Waals surface area contributed by atoms with E-state index in [9.17, 15) is 0 Å². The van der Waals surface area contributed by atoms with Crippen LogP contribution < -0.4 is 37.4 Å². The minimum absolute atomic E-state index is 0.748. The van der Waals surface area contributed by atoms with E-state index >= 15 is 0 Å². The Bertz CT molecular complexity index is 3440. The number of ether oxygens (including phenoxy) is 2. The van der Waals surface area contributed by atoms with Crippen LogP contribution in [0.25, 0.3) is 11.0 Å². The highest BCUT2D eigenvalue weighted by Gasteiger charge is 2.07. The maximum absolute atomic E-state index is 5.73. The molecule has 18 nitrogen and oxygen atoms in total. The number of benzene rings is 2. The third-order valence-corrected chi connectivity index (χ3v) is 16.1. The van der Waals surface area contributed by atoms with Crippen molar-refractivity contribution in [1.82, 2.24) is 39.0 Å². The number of H-pyrrole nitrogens is 8. The van der Waals surface area contributed by atoms with Crippen molar-refractivity contribution >= 4 is 11.0 Å². The lowest BCUT2D eigenvalue weighted by Gasteiger charge is -2.12. The van der Waals surface area contributed by atoms with Crippen molar-refractivity contribution in [2.45, 2.75) is 211 Å². The average Bonchev–Trinajstić information content (AvgIpc) is 1.75. The number of aromatic amines is 8. The molecule has 18 heteroatoms. The molecular formula is C82H134N16O2+8. The number of nitrogens with one attached hydrogen (secondary N) is 8. The number of rotatable bonds is 35. The summed E-state index contributed by atoms with van der Waals surface area (Å²) in [5.74, 6) is 2.84. The van der Waals surface area contributed by atoms with E-state index < -0.39 is 0 Å². The van der Waals surface area contributed by atoms with Crippen molar-refractivity contribution in [1.29, 1.82) is 0 Å². The second kappa shape index (κ2) is 57.1. The number of imidazole rings is 8. The van der Waals surface area contributed by atoms with Crippen LogP contribution in [0.3, 0.4) is 0 Å². The first-order valence-corrected chi connectivity index (χ1v) is 36.9. The summed E-state index contributed by atoms with van der Waals surface area (Å²) in [7, 11) is 4.07. The highest BCUT2D eigenvalue weighted by molar-refractivity contribution is 5.69. The monoisotopic (exact) mass is 1380 g/mol. The third-order valence-electron chi connectivity index (χ3n) is 16.1. The third kappa shape index (κ3) is 46.5. The summed E-state index contributed by atoms with van der Waals surface area (Å²) in [6, 6.07) is 18.5. The number of nitrogens with zero attached hydrogens (tertiary/aromatic N) is 8. The molecule has 0 aliphatic carbocycles. The normalized spacial score (nSPS) is 10.9. The summed E-state index contributed by atoms with van der Waals surface area (Å²) in [4.78, 5) is 24.0. The number of hydrogen-bond donors (Lipinski definition) is 6. The molecule has 0 amide bonds. The van der Waals surface area contributed by atoms with Gasteiger partial charge in [-0.05, 0) is 128 Å². The summed E-state index contributed by atoms with van der Waals surface area (Å²) in [5, 5.41) is 0. The van der Waals surface area contributed by atoms with Crippen LogP contribution in [0, 0.1) is 18.8 Å². The lowest BCUT2D eigenvalue weighted by Crippen LogP contribution is -2.34. The van der Waals surface area contributed by atoms with Gasteiger partial charge in [-0.25, -0.2) is 51.5 Å². The molecule has 8 N–H and O–H groups in total. The van der Waals surface area contributed by atoms with Gasteiger partial charge in [-0.1, -0.05) is 157 Å². The number of fused-ring (bicyclic) bond motifs is 1. The smallest absolute Gasteiger partial charge is 0.251 e. The molecule has 0 aliphatic heterocycles. The van der Waals surface area contributed by atoms with Crippen LogP contribution in [-0.4, -0.2) is 65.5 Å². The fourth-order valence-electron chi connectivity index (χ4n) is 10.0. The molecule has 2 aromatic carbocycles. The van der Waals surface area contributed by atoms with E-state index in [2.05, 4.69) is 235 Å². The molecule has 0 saturated heterocycles. The Morgan fingerprint density at radius 2 is 1.22 bits per heavy atom. The molecule has 546 valence electrons. The van der Waals surface area contributed by atoms with Crippen molar-refractivity contribution in [3.8, 4) is 0 Å². The van der Waals surface area contributed by atoms with Crippen molar-refractivity contribution in [3.05, 3.63) is 245 Å². The Kier molecular flexibility index (Phi) is 48.8. The summed E-state index contributed by atoms with van der Waals surface area (Å²) >= 11 is 0. The van der Waals surface area contributed by atoms with Crippen molar-refractivity contribution in [3.63, 3.8) is 0 Å².